The van der Waals surface area contributed by atoms with Crippen LogP contribution in [0.15, 0.2) is 97.1 Å². The van der Waals surface area contributed by atoms with Crippen molar-refractivity contribution in [3.05, 3.63) is 119 Å². The summed E-state index contributed by atoms with van der Waals surface area (Å²) in [4.78, 5) is 59.2. The van der Waals surface area contributed by atoms with Crippen molar-refractivity contribution >= 4 is 31.7 Å². The third-order valence-electron chi connectivity index (χ3n) is 7.07. The van der Waals surface area contributed by atoms with Crippen LogP contribution in [-0.2, 0) is 0 Å². The molecule has 0 spiro atoms. The fourth-order valence-electron chi connectivity index (χ4n) is 4.96. The van der Waals surface area contributed by atoms with Gasteiger partial charge >= 0.3 is 266 Å². The fraction of sp³-hybridized carbons (Fsp3) is 0.222. The maximum absolute atomic E-state index is 14.8. The molecular weight excluding hydrogens is 633 g/mol. The Hall–Kier alpha value is -4.70. The van der Waals surface area contributed by atoms with Gasteiger partial charge in [0.1, 0.15) is 0 Å². The standard InChI is InChI=1S/C36H36GeO8/c1-5-42-29-17-9-25(10-18-29)33(38)37(34(39)26-11-19-30(20-12-26)43-6-2,35(40)27-13-21-31(22-14-27)44-7-3)36(41)28-15-23-32(24-16-28)45-8-4/h9-24H,5-8H2,1-4H3. The van der Waals surface area contributed by atoms with Crippen LogP contribution in [0.5, 0.6) is 23.0 Å². The van der Waals surface area contributed by atoms with Crippen LogP contribution in [0, 0.1) is 0 Å². The Morgan fingerprint density at radius 3 is 0.711 bits per heavy atom. The van der Waals surface area contributed by atoms with Crippen LogP contribution in [-0.4, -0.2) is 58.2 Å². The summed E-state index contributed by atoms with van der Waals surface area (Å²) in [5.41, 5.74) is 0.320. The molecule has 4 aromatic rings. The van der Waals surface area contributed by atoms with Gasteiger partial charge in [-0.2, -0.15) is 0 Å². The average Bonchev–Trinajstić information content (AvgIpc) is 3.07. The fourth-order valence-corrected chi connectivity index (χ4v) is 12.6. The number of ether oxygens (including phenoxy) is 4. The van der Waals surface area contributed by atoms with E-state index in [9.17, 15) is 19.2 Å². The van der Waals surface area contributed by atoms with E-state index >= 15 is 0 Å². The summed E-state index contributed by atoms with van der Waals surface area (Å²) in [6.07, 6.45) is 0. The molecule has 232 valence electrons. The van der Waals surface area contributed by atoms with E-state index in [-0.39, 0.29) is 22.3 Å². The van der Waals surface area contributed by atoms with Crippen LogP contribution >= 0.6 is 0 Å². The molecule has 9 heteroatoms. The van der Waals surface area contributed by atoms with E-state index in [1.54, 1.807) is 48.5 Å². The Morgan fingerprint density at radius 1 is 0.378 bits per heavy atom. The number of hydrogen-bond acceptors (Lipinski definition) is 8. The topological polar surface area (TPSA) is 105 Å². The first-order valence-corrected chi connectivity index (χ1v) is 19.1. The van der Waals surface area contributed by atoms with E-state index in [4.69, 9.17) is 18.9 Å². The average molecular weight is 669 g/mol. The van der Waals surface area contributed by atoms with Gasteiger partial charge in [-0.1, -0.05) is 0 Å². The molecule has 4 rings (SSSR count). The molecule has 45 heavy (non-hydrogen) atoms. The van der Waals surface area contributed by atoms with Gasteiger partial charge in [-0.25, -0.2) is 0 Å². The zero-order chi connectivity index (χ0) is 32.4. The van der Waals surface area contributed by atoms with Crippen molar-refractivity contribution in [3.8, 4) is 23.0 Å². The maximum atomic E-state index is 14.8. The molecule has 0 heterocycles. The minimum absolute atomic E-state index is 0.0799. The number of benzene rings is 4. The first-order valence-electron chi connectivity index (χ1n) is 14.9. The number of rotatable bonds is 16. The summed E-state index contributed by atoms with van der Waals surface area (Å²) in [5.74, 6) is 2.06. The molecule has 0 aliphatic heterocycles. The summed E-state index contributed by atoms with van der Waals surface area (Å²) in [6, 6.07) is 24.7. The predicted molar refractivity (Wildman–Crippen MR) is 174 cm³/mol. The molecule has 0 aromatic heterocycles. The van der Waals surface area contributed by atoms with E-state index in [2.05, 4.69) is 0 Å². The molecule has 4 aromatic carbocycles. The monoisotopic (exact) mass is 670 g/mol. The first-order chi connectivity index (χ1) is 21.8. The molecule has 8 nitrogen and oxygen atoms in total. The first kappa shape index (κ1) is 33.2. The quantitative estimate of drug-likeness (QED) is 0.121. The van der Waals surface area contributed by atoms with Gasteiger partial charge < -0.3 is 0 Å². The predicted octanol–water partition coefficient (Wildman–Crippen LogP) is 6.72. The van der Waals surface area contributed by atoms with Crippen LogP contribution < -0.4 is 18.9 Å². The molecule has 0 radical (unpaired) electrons. The second-order valence-electron chi connectivity index (χ2n) is 9.90. The van der Waals surface area contributed by atoms with E-state index in [1.807, 2.05) is 27.7 Å². The zero-order valence-electron chi connectivity index (χ0n) is 25.8. The summed E-state index contributed by atoms with van der Waals surface area (Å²) >= 11 is -5.82. The summed E-state index contributed by atoms with van der Waals surface area (Å²) in [7, 11) is 0. The van der Waals surface area contributed by atoms with Crippen molar-refractivity contribution in [1.82, 2.24) is 0 Å². The van der Waals surface area contributed by atoms with Gasteiger partial charge in [0.2, 0.25) is 0 Å². The molecule has 0 atom stereocenters. The molecular formula is C36H36GeO8. The Balaban J connectivity index is 1.97. The van der Waals surface area contributed by atoms with Gasteiger partial charge in [0.25, 0.3) is 0 Å². The van der Waals surface area contributed by atoms with Crippen molar-refractivity contribution in [2.24, 2.45) is 0 Å². The zero-order valence-corrected chi connectivity index (χ0v) is 27.9. The Labute approximate surface area is 265 Å². The van der Waals surface area contributed by atoms with Gasteiger partial charge in [0.15, 0.2) is 0 Å². The SMILES string of the molecule is CCOc1ccc([C](=O)[Ge]([C](=O)c2ccc(OCC)cc2)([C](=O)c2ccc(OCC)cc2)[C](=O)c2ccc(OCC)cc2)cc1. The number of carbonyl (C=O) groups is 4. The molecule has 0 fully saturated rings. The van der Waals surface area contributed by atoms with Crippen molar-refractivity contribution < 1.29 is 38.1 Å². The number of carbonyl (C=O) groups excluding carboxylic acids is 4. The summed E-state index contributed by atoms with van der Waals surface area (Å²) in [6.45, 7) is 8.99. The molecule has 0 saturated heterocycles. The molecule has 0 bridgehead atoms. The van der Waals surface area contributed by atoms with Crippen LogP contribution in [0.4, 0.5) is 0 Å². The van der Waals surface area contributed by atoms with Crippen LogP contribution in [0.2, 0.25) is 0 Å². The van der Waals surface area contributed by atoms with Gasteiger partial charge in [-0.15, -0.1) is 0 Å². The Morgan fingerprint density at radius 2 is 0.556 bits per heavy atom. The van der Waals surface area contributed by atoms with Gasteiger partial charge in [-0.3, -0.25) is 0 Å². The molecule has 0 saturated carbocycles. The molecule has 0 N–H and O–H groups in total. The molecule has 0 aliphatic rings. The van der Waals surface area contributed by atoms with Gasteiger partial charge in [0, 0.05) is 0 Å². The Kier molecular flexibility index (Phi) is 11.3. The van der Waals surface area contributed by atoms with E-state index in [0.29, 0.717) is 49.4 Å². The molecule has 0 amide bonds. The number of hydrogen-bond donors (Lipinski definition) is 0. The third-order valence-corrected chi connectivity index (χ3v) is 15.2. The van der Waals surface area contributed by atoms with Gasteiger partial charge in [0.05, 0.1) is 0 Å². The van der Waals surface area contributed by atoms with E-state index < -0.39 is 31.7 Å². The molecule has 0 aliphatic carbocycles. The van der Waals surface area contributed by atoms with Crippen molar-refractivity contribution in [2.75, 3.05) is 26.4 Å². The second-order valence-corrected chi connectivity index (χ2v) is 16.9. The minimum atomic E-state index is -5.82. The summed E-state index contributed by atoms with van der Waals surface area (Å²) in [5, 5.41) is 0. The van der Waals surface area contributed by atoms with Crippen LogP contribution in [0.25, 0.3) is 0 Å². The summed E-state index contributed by atoms with van der Waals surface area (Å²) < 4.78 is 19.1. The van der Waals surface area contributed by atoms with E-state index in [0.717, 1.165) is 0 Å². The van der Waals surface area contributed by atoms with Crippen molar-refractivity contribution in [1.29, 1.82) is 0 Å². The second kappa shape index (κ2) is 15.3. The normalized spacial score (nSPS) is 10.9. The van der Waals surface area contributed by atoms with Crippen LogP contribution in [0.1, 0.15) is 69.1 Å². The van der Waals surface area contributed by atoms with Crippen molar-refractivity contribution in [3.63, 3.8) is 0 Å². The van der Waals surface area contributed by atoms with Gasteiger partial charge in [-0.05, 0) is 0 Å². The van der Waals surface area contributed by atoms with E-state index in [1.165, 1.54) is 48.5 Å². The Bertz CT molecular complexity index is 1380. The van der Waals surface area contributed by atoms with Crippen LogP contribution in [0.3, 0.4) is 0 Å². The van der Waals surface area contributed by atoms with Crippen molar-refractivity contribution in [2.45, 2.75) is 27.7 Å². The third kappa shape index (κ3) is 7.18. The molecule has 0 unspecified atom stereocenters.